The average molecular weight is 549 g/mol. The van der Waals surface area contributed by atoms with Crippen molar-refractivity contribution in [1.82, 2.24) is 32.2 Å². The number of hydroxylamine groups is 2. The van der Waals surface area contributed by atoms with Crippen molar-refractivity contribution in [1.29, 1.82) is 0 Å². The van der Waals surface area contributed by atoms with Crippen molar-refractivity contribution >= 4 is 10.1 Å². The maximum Gasteiger partial charge on any atom is 0.270 e. The molecule has 16 heteroatoms. The highest BCUT2D eigenvalue weighted by Gasteiger charge is 2.23. The molecule has 2 atom stereocenters. The van der Waals surface area contributed by atoms with Crippen molar-refractivity contribution in [2.75, 3.05) is 65.4 Å². The van der Waals surface area contributed by atoms with Crippen molar-refractivity contribution in [2.24, 2.45) is 0 Å². The van der Waals surface area contributed by atoms with Crippen LogP contribution in [0.5, 0.6) is 0 Å². The first kappa shape index (κ1) is 35.4. The first-order valence-corrected chi connectivity index (χ1v) is 14.1. The molecule has 0 radical (unpaired) electrons. The number of nitrogens with one attached hydrogen (secondary N) is 6. The Bertz CT molecular complexity index is 566. The van der Waals surface area contributed by atoms with Crippen LogP contribution in [0.1, 0.15) is 52.4 Å². The number of rotatable bonds is 29. The summed E-state index contributed by atoms with van der Waals surface area (Å²) < 4.78 is 30.2. The fourth-order valence-corrected chi connectivity index (χ4v) is 4.19. The minimum absolute atomic E-state index is 0.373. The van der Waals surface area contributed by atoms with Crippen molar-refractivity contribution < 1.29 is 43.2 Å². The van der Waals surface area contributed by atoms with E-state index in [0.29, 0.717) is 52.1 Å². The van der Waals surface area contributed by atoms with Crippen LogP contribution in [0.4, 0.5) is 0 Å². The molecule has 8 N–H and O–H groups in total. The lowest BCUT2D eigenvalue weighted by atomic mass is 10.2. The van der Waals surface area contributed by atoms with Gasteiger partial charge in [-0.1, -0.05) is 10.1 Å². The highest BCUT2D eigenvalue weighted by molar-refractivity contribution is 7.87. The Hall–Kier alpha value is -0.570. The smallest absolute Gasteiger partial charge is 0.270 e. The van der Waals surface area contributed by atoms with E-state index in [-0.39, 0.29) is 6.10 Å². The molecule has 15 nitrogen and oxygen atoms in total. The van der Waals surface area contributed by atoms with Crippen LogP contribution in [-0.2, 0) is 34.4 Å². The van der Waals surface area contributed by atoms with E-state index >= 15 is 0 Å². The van der Waals surface area contributed by atoms with Crippen LogP contribution in [0.2, 0.25) is 0 Å². The Morgan fingerprint density at radius 3 is 1.47 bits per heavy atom. The summed E-state index contributed by atoms with van der Waals surface area (Å²) in [6.07, 6.45) is 4.71. The highest BCUT2D eigenvalue weighted by Crippen LogP contribution is 2.12. The van der Waals surface area contributed by atoms with Gasteiger partial charge in [-0.15, -0.1) is 9.98 Å². The summed E-state index contributed by atoms with van der Waals surface area (Å²) in [4.78, 5) is 8.22. The minimum Gasteiger partial charge on any atom is -0.317 e. The zero-order valence-electron chi connectivity index (χ0n) is 21.6. The molecule has 0 aliphatic rings. The second-order valence-corrected chi connectivity index (χ2v) is 10.3. The molecule has 0 heterocycles. The van der Waals surface area contributed by atoms with Crippen LogP contribution in [0, 0.1) is 0 Å². The van der Waals surface area contributed by atoms with E-state index in [1.807, 2.05) is 0 Å². The van der Waals surface area contributed by atoms with Crippen LogP contribution in [0.3, 0.4) is 0 Å². The molecule has 0 saturated carbocycles. The lowest BCUT2D eigenvalue weighted by Crippen LogP contribution is -2.30. The summed E-state index contributed by atoms with van der Waals surface area (Å²) in [5.41, 5.74) is 4.79. The van der Waals surface area contributed by atoms with Gasteiger partial charge in [0.25, 0.3) is 10.1 Å². The molecule has 0 rings (SSSR count). The summed E-state index contributed by atoms with van der Waals surface area (Å²) in [5, 5.41) is 35.2. The summed E-state index contributed by atoms with van der Waals surface area (Å²) in [7, 11) is -3.60. The lowest BCUT2D eigenvalue weighted by Gasteiger charge is -2.18. The second kappa shape index (κ2) is 26.1. The predicted octanol–water partition coefficient (Wildman–Crippen LogP) is -0.340. The maximum atomic E-state index is 12.4. The van der Waals surface area contributed by atoms with E-state index < -0.39 is 15.4 Å². The molecule has 36 heavy (non-hydrogen) atoms. The molecular formula is C20H48N6O9S. The Labute approximate surface area is 215 Å². The first-order chi connectivity index (χ1) is 17.4. The normalized spacial score (nSPS) is 13.8. The summed E-state index contributed by atoms with van der Waals surface area (Å²) >= 11 is 0. The van der Waals surface area contributed by atoms with Gasteiger partial charge in [0, 0.05) is 26.2 Å². The molecule has 0 aromatic heterocycles. The molecule has 0 bridgehead atoms. The van der Waals surface area contributed by atoms with Crippen molar-refractivity contribution in [3.8, 4) is 0 Å². The Morgan fingerprint density at radius 1 is 0.611 bits per heavy atom. The highest BCUT2D eigenvalue weighted by atomic mass is 32.2. The molecule has 0 aromatic carbocycles. The fraction of sp³-hybridized carbons (Fsp3) is 1.00. The second-order valence-electron chi connectivity index (χ2n) is 8.31. The van der Waals surface area contributed by atoms with Gasteiger partial charge in [-0.05, 0) is 91.6 Å². The number of hydrogen-bond donors (Lipinski definition) is 8. The minimum atomic E-state index is -3.60. The van der Waals surface area contributed by atoms with Crippen LogP contribution >= 0.6 is 0 Å². The van der Waals surface area contributed by atoms with Gasteiger partial charge >= 0.3 is 0 Å². The molecule has 0 amide bonds. The van der Waals surface area contributed by atoms with E-state index in [4.69, 9.17) is 14.7 Å². The third kappa shape index (κ3) is 23.8. The molecule has 0 saturated heterocycles. The fourth-order valence-electron chi connectivity index (χ4n) is 3.04. The molecule has 218 valence electrons. The third-order valence-electron chi connectivity index (χ3n) is 5.16. The van der Waals surface area contributed by atoms with Gasteiger partial charge in [0.05, 0.1) is 11.4 Å². The van der Waals surface area contributed by atoms with Crippen molar-refractivity contribution in [3.63, 3.8) is 0 Å². The molecule has 0 aliphatic heterocycles. The van der Waals surface area contributed by atoms with Gasteiger partial charge in [0.15, 0.2) is 0 Å². The summed E-state index contributed by atoms with van der Waals surface area (Å²) in [5.74, 6) is 0. The number of unbranched alkanes of at least 4 members (excludes halogenated alkanes) is 2. The van der Waals surface area contributed by atoms with Crippen LogP contribution < -0.4 is 32.2 Å². The molecular weight excluding hydrogens is 500 g/mol. The summed E-state index contributed by atoms with van der Waals surface area (Å²) in [6, 6.07) is 0. The zero-order chi connectivity index (χ0) is 26.7. The van der Waals surface area contributed by atoms with E-state index in [2.05, 4.69) is 52.3 Å². The standard InChI is InChI=1S/C20H48N6O9S/c1-19(7-13-21-9-3-5-11-23-15-17-25-32-34-27)31-36(29,30)20(2)8-14-22-10-4-6-12-24-16-18-26-33-35-28/h19-28H,3-18H2,1-2H3. The molecule has 0 aliphatic carbocycles. The van der Waals surface area contributed by atoms with Gasteiger partial charge < -0.3 is 21.3 Å². The van der Waals surface area contributed by atoms with Crippen LogP contribution in [-0.4, -0.2) is 95.7 Å². The Balaban J connectivity index is 3.60. The quantitative estimate of drug-likeness (QED) is 0.0262. The molecule has 2 unspecified atom stereocenters. The van der Waals surface area contributed by atoms with E-state index in [1.165, 1.54) is 0 Å². The first-order valence-electron chi connectivity index (χ1n) is 12.6. The molecule has 0 fully saturated rings. The van der Waals surface area contributed by atoms with E-state index in [9.17, 15) is 8.42 Å². The Morgan fingerprint density at radius 2 is 1.03 bits per heavy atom. The van der Waals surface area contributed by atoms with Gasteiger partial charge in [-0.25, -0.2) is 10.5 Å². The maximum absolute atomic E-state index is 12.4. The van der Waals surface area contributed by atoms with Gasteiger partial charge in [-0.3, -0.25) is 4.18 Å². The zero-order valence-corrected chi connectivity index (χ0v) is 22.4. The van der Waals surface area contributed by atoms with Gasteiger partial charge in [0.1, 0.15) is 0 Å². The summed E-state index contributed by atoms with van der Waals surface area (Å²) in [6.45, 7) is 10.5. The van der Waals surface area contributed by atoms with Crippen molar-refractivity contribution in [2.45, 2.75) is 63.7 Å². The van der Waals surface area contributed by atoms with Crippen molar-refractivity contribution in [3.05, 3.63) is 0 Å². The Kier molecular flexibility index (Phi) is 25.6. The topological polar surface area (TPSA) is 193 Å². The SMILES string of the molecule is CC(CCNCCCCNCCNOOO)OS(=O)(=O)C(C)CCNCCCCNCCNOOO. The van der Waals surface area contributed by atoms with Crippen LogP contribution in [0.25, 0.3) is 0 Å². The third-order valence-corrected chi connectivity index (χ3v) is 6.98. The van der Waals surface area contributed by atoms with E-state index in [0.717, 1.165) is 51.9 Å². The molecule has 0 aromatic rings. The lowest BCUT2D eigenvalue weighted by molar-refractivity contribution is -0.514. The predicted molar refractivity (Wildman–Crippen MR) is 134 cm³/mol. The van der Waals surface area contributed by atoms with E-state index in [1.54, 1.807) is 13.8 Å². The monoisotopic (exact) mass is 548 g/mol. The molecule has 0 spiro atoms. The average Bonchev–Trinajstić information content (AvgIpc) is 2.85. The largest absolute Gasteiger partial charge is 0.317 e. The van der Waals surface area contributed by atoms with Gasteiger partial charge in [-0.2, -0.15) is 19.4 Å². The van der Waals surface area contributed by atoms with Gasteiger partial charge in [0.2, 0.25) is 0 Å². The van der Waals surface area contributed by atoms with Crippen LogP contribution in [0.15, 0.2) is 0 Å². The number of hydrogen-bond acceptors (Lipinski definition) is 15.